The monoisotopic (exact) mass is 446 g/mol. The Morgan fingerprint density at radius 2 is 1.76 bits per heavy atom. The molecule has 2 N–H and O–H groups in total. The van der Waals surface area contributed by atoms with Crippen LogP contribution in [0.3, 0.4) is 0 Å². The zero-order chi connectivity index (χ0) is 23.2. The van der Waals surface area contributed by atoms with Crippen molar-refractivity contribution in [2.45, 2.75) is 6.61 Å². The first kappa shape index (κ1) is 21.2. The normalized spacial score (nSPS) is 11.1. The molecule has 0 aliphatic heterocycles. The molecule has 0 radical (unpaired) electrons. The Labute approximate surface area is 197 Å². The van der Waals surface area contributed by atoms with Crippen LogP contribution < -0.4 is 10.1 Å². The van der Waals surface area contributed by atoms with Crippen molar-refractivity contribution in [3.63, 3.8) is 0 Å². The van der Waals surface area contributed by atoms with Crippen LogP contribution in [0.4, 0.5) is 5.69 Å². The summed E-state index contributed by atoms with van der Waals surface area (Å²) in [5.74, 6) is 1.24. The van der Waals surface area contributed by atoms with Crippen LogP contribution in [0.2, 0.25) is 0 Å². The average molecular weight is 447 g/mol. The Morgan fingerprint density at radius 1 is 0.941 bits per heavy atom. The standard InChI is InChI=1S/C28H22N4O2/c33-27(16-13-20-11-14-22(15-12-20)34-19-21-6-5-17-29-18-21)30-24-8-2-1-7-23(24)28-31-25-9-3-4-10-26(25)32-28/h1-18H,19H2,(H,30,33)(H,31,32). The van der Waals surface area contributed by atoms with E-state index in [1.807, 2.05) is 84.9 Å². The summed E-state index contributed by atoms with van der Waals surface area (Å²) in [4.78, 5) is 24.7. The van der Waals surface area contributed by atoms with Gasteiger partial charge in [0.25, 0.3) is 0 Å². The third-order valence-electron chi connectivity index (χ3n) is 5.26. The lowest BCUT2D eigenvalue weighted by molar-refractivity contribution is -0.111. The molecule has 0 bridgehead atoms. The number of nitrogens with one attached hydrogen (secondary N) is 2. The molecule has 0 saturated carbocycles. The van der Waals surface area contributed by atoms with Gasteiger partial charge in [0.1, 0.15) is 18.2 Å². The number of hydrogen-bond acceptors (Lipinski definition) is 4. The van der Waals surface area contributed by atoms with Gasteiger partial charge in [-0.3, -0.25) is 9.78 Å². The number of carbonyl (C=O) groups is 1. The van der Waals surface area contributed by atoms with E-state index in [0.29, 0.717) is 18.1 Å². The van der Waals surface area contributed by atoms with Crippen LogP contribution in [0.1, 0.15) is 11.1 Å². The maximum absolute atomic E-state index is 12.6. The number of benzene rings is 3. The second-order valence-electron chi connectivity index (χ2n) is 7.69. The first-order valence-corrected chi connectivity index (χ1v) is 10.9. The lowest BCUT2D eigenvalue weighted by Gasteiger charge is -2.08. The number of rotatable bonds is 7. The van der Waals surface area contributed by atoms with Crippen molar-refractivity contribution in [2.24, 2.45) is 0 Å². The van der Waals surface area contributed by atoms with E-state index in [-0.39, 0.29) is 5.91 Å². The summed E-state index contributed by atoms with van der Waals surface area (Å²) in [6.07, 6.45) is 6.80. The van der Waals surface area contributed by atoms with Gasteiger partial charge in [-0.25, -0.2) is 4.98 Å². The van der Waals surface area contributed by atoms with E-state index < -0.39 is 0 Å². The van der Waals surface area contributed by atoms with Gasteiger partial charge in [-0.05, 0) is 54.1 Å². The summed E-state index contributed by atoms with van der Waals surface area (Å²) in [6.45, 7) is 0.454. The second-order valence-corrected chi connectivity index (χ2v) is 7.69. The molecule has 5 rings (SSSR count). The molecule has 1 amide bonds. The van der Waals surface area contributed by atoms with E-state index in [1.165, 1.54) is 6.08 Å². The lowest BCUT2D eigenvalue weighted by atomic mass is 10.1. The van der Waals surface area contributed by atoms with Gasteiger partial charge in [0.05, 0.1) is 16.7 Å². The lowest BCUT2D eigenvalue weighted by Crippen LogP contribution is -2.08. The molecule has 3 aromatic carbocycles. The summed E-state index contributed by atoms with van der Waals surface area (Å²) in [5, 5.41) is 2.96. The zero-order valence-electron chi connectivity index (χ0n) is 18.3. The van der Waals surface area contributed by atoms with Crippen LogP contribution in [-0.2, 0) is 11.4 Å². The van der Waals surface area contributed by atoms with Crippen molar-refractivity contribution in [3.8, 4) is 17.1 Å². The number of ether oxygens (including phenoxy) is 1. The SMILES string of the molecule is O=C(C=Cc1ccc(OCc2cccnc2)cc1)Nc1ccccc1-c1nc2ccccc2[nH]1. The van der Waals surface area contributed by atoms with E-state index in [9.17, 15) is 4.79 Å². The smallest absolute Gasteiger partial charge is 0.248 e. The van der Waals surface area contributed by atoms with Crippen LogP contribution in [0.25, 0.3) is 28.5 Å². The summed E-state index contributed by atoms with van der Waals surface area (Å²) in [6, 6.07) is 26.9. The van der Waals surface area contributed by atoms with Crippen LogP contribution >= 0.6 is 0 Å². The fraction of sp³-hybridized carbons (Fsp3) is 0.0357. The van der Waals surface area contributed by atoms with Gasteiger partial charge in [-0.2, -0.15) is 0 Å². The van der Waals surface area contributed by atoms with Gasteiger partial charge in [0.2, 0.25) is 5.91 Å². The molecule has 0 aliphatic rings. The molecular weight excluding hydrogens is 424 g/mol. The molecule has 5 aromatic rings. The van der Waals surface area contributed by atoms with Gasteiger partial charge >= 0.3 is 0 Å². The molecule has 0 saturated heterocycles. The maximum atomic E-state index is 12.6. The first-order valence-electron chi connectivity index (χ1n) is 10.9. The van der Waals surface area contributed by atoms with Crippen molar-refractivity contribution in [3.05, 3.63) is 115 Å². The van der Waals surface area contributed by atoms with E-state index in [0.717, 1.165) is 33.5 Å². The number of aromatic nitrogens is 3. The average Bonchev–Trinajstić information content (AvgIpc) is 3.32. The second kappa shape index (κ2) is 9.83. The fourth-order valence-electron chi connectivity index (χ4n) is 3.55. The molecule has 166 valence electrons. The number of aromatic amines is 1. The first-order chi connectivity index (χ1) is 16.7. The molecule has 0 unspecified atom stereocenters. The number of hydrogen-bond donors (Lipinski definition) is 2. The summed E-state index contributed by atoms with van der Waals surface area (Å²) < 4.78 is 5.78. The Balaban J connectivity index is 1.23. The molecule has 6 nitrogen and oxygen atoms in total. The number of carbonyl (C=O) groups excluding carboxylic acids is 1. The van der Waals surface area contributed by atoms with Gasteiger partial charge in [0, 0.05) is 29.6 Å². The fourth-order valence-corrected chi connectivity index (χ4v) is 3.55. The molecule has 2 heterocycles. The minimum atomic E-state index is -0.222. The van der Waals surface area contributed by atoms with Crippen LogP contribution in [0.5, 0.6) is 5.75 Å². The third kappa shape index (κ3) is 5.02. The minimum absolute atomic E-state index is 0.222. The largest absolute Gasteiger partial charge is 0.489 e. The number of para-hydroxylation sites is 3. The molecule has 6 heteroatoms. The van der Waals surface area contributed by atoms with Crippen molar-refractivity contribution >= 4 is 28.7 Å². The Bertz CT molecular complexity index is 1410. The maximum Gasteiger partial charge on any atom is 0.248 e. The van der Waals surface area contributed by atoms with E-state index in [1.54, 1.807) is 18.5 Å². The Morgan fingerprint density at radius 3 is 2.59 bits per heavy atom. The van der Waals surface area contributed by atoms with Crippen LogP contribution in [0.15, 0.2) is 103 Å². The number of imidazole rings is 1. The zero-order valence-corrected chi connectivity index (χ0v) is 18.3. The number of amides is 1. The minimum Gasteiger partial charge on any atom is -0.489 e. The van der Waals surface area contributed by atoms with Crippen molar-refractivity contribution in [1.82, 2.24) is 15.0 Å². The highest BCUT2D eigenvalue weighted by molar-refractivity contribution is 6.04. The molecule has 34 heavy (non-hydrogen) atoms. The number of anilines is 1. The Hall–Kier alpha value is -4.71. The van der Waals surface area contributed by atoms with Crippen molar-refractivity contribution < 1.29 is 9.53 Å². The molecule has 0 atom stereocenters. The molecule has 2 aromatic heterocycles. The summed E-state index contributed by atoms with van der Waals surface area (Å²) in [7, 11) is 0. The Kier molecular flexibility index (Phi) is 6.12. The highest BCUT2D eigenvalue weighted by Gasteiger charge is 2.10. The number of fused-ring (bicyclic) bond motifs is 1. The summed E-state index contributed by atoms with van der Waals surface area (Å²) >= 11 is 0. The van der Waals surface area contributed by atoms with Gasteiger partial charge in [-0.15, -0.1) is 0 Å². The van der Waals surface area contributed by atoms with Gasteiger partial charge < -0.3 is 15.0 Å². The topological polar surface area (TPSA) is 79.9 Å². The number of H-pyrrole nitrogens is 1. The predicted octanol–water partition coefficient (Wildman–Crippen LogP) is 5.86. The van der Waals surface area contributed by atoms with E-state index in [4.69, 9.17) is 4.74 Å². The highest BCUT2D eigenvalue weighted by atomic mass is 16.5. The number of nitrogens with zero attached hydrogens (tertiary/aromatic N) is 2. The quantitative estimate of drug-likeness (QED) is 0.307. The predicted molar refractivity (Wildman–Crippen MR) is 134 cm³/mol. The molecule has 0 spiro atoms. The van der Waals surface area contributed by atoms with Crippen molar-refractivity contribution in [2.75, 3.05) is 5.32 Å². The van der Waals surface area contributed by atoms with Crippen LogP contribution in [0, 0.1) is 0 Å². The highest BCUT2D eigenvalue weighted by Crippen LogP contribution is 2.27. The molecular formula is C28H22N4O2. The van der Waals surface area contributed by atoms with E-state index >= 15 is 0 Å². The van der Waals surface area contributed by atoms with E-state index in [2.05, 4.69) is 20.3 Å². The summed E-state index contributed by atoms with van der Waals surface area (Å²) in [5.41, 5.74) is 5.25. The molecule has 0 fully saturated rings. The van der Waals surface area contributed by atoms with Crippen LogP contribution in [-0.4, -0.2) is 20.9 Å². The number of pyridine rings is 1. The third-order valence-corrected chi connectivity index (χ3v) is 5.26. The van der Waals surface area contributed by atoms with Crippen molar-refractivity contribution in [1.29, 1.82) is 0 Å². The molecule has 0 aliphatic carbocycles. The van der Waals surface area contributed by atoms with Gasteiger partial charge in [0.15, 0.2) is 0 Å². The van der Waals surface area contributed by atoms with Gasteiger partial charge in [-0.1, -0.05) is 42.5 Å².